The van der Waals surface area contributed by atoms with Gasteiger partial charge in [-0.15, -0.1) is 0 Å². The summed E-state index contributed by atoms with van der Waals surface area (Å²) in [5.41, 5.74) is 0.843. The largest absolute Gasteiger partial charge is 0.458 e. The highest BCUT2D eigenvalue weighted by atomic mass is 16.5. The first-order chi connectivity index (χ1) is 9.56. The molecule has 1 aromatic rings. The first-order valence-electron chi connectivity index (χ1n) is 6.46. The van der Waals surface area contributed by atoms with Crippen LogP contribution < -0.4 is 0 Å². The lowest BCUT2D eigenvalue weighted by Crippen LogP contribution is -2.37. The molecular weight excluding hydrogens is 258 g/mol. The Hall–Kier alpha value is -2.14. The molecule has 1 aromatic carbocycles. The second kappa shape index (κ2) is 6.34. The van der Waals surface area contributed by atoms with Crippen LogP contribution in [0.1, 0.15) is 18.9 Å². The Morgan fingerprint density at radius 3 is 2.65 bits per heavy atom. The lowest BCUT2D eigenvalue weighted by atomic mass is 10.1. The minimum atomic E-state index is -0.449. The van der Waals surface area contributed by atoms with Gasteiger partial charge in [0.25, 0.3) is 5.91 Å². The standard InChI is InChI=1S/C15H17NO4/c1-11(17)20-14-8-7-13(10-14)16(19)15(18)9-12-5-3-2-4-6-12/h2-8,13-14,19H,9-10H2,1H3/t13-,14+/m0/s1. The summed E-state index contributed by atoms with van der Waals surface area (Å²) >= 11 is 0. The predicted molar refractivity (Wildman–Crippen MR) is 71.9 cm³/mol. The number of benzene rings is 1. The fourth-order valence-electron chi connectivity index (χ4n) is 2.17. The summed E-state index contributed by atoms with van der Waals surface area (Å²) in [5.74, 6) is -0.755. The molecule has 2 atom stereocenters. The first-order valence-corrected chi connectivity index (χ1v) is 6.46. The molecule has 1 aliphatic carbocycles. The maximum Gasteiger partial charge on any atom is 0.303 e. The zero-order valence-electron chi connectivity index (χ0n) is 11.2. The van der Waals surface area contributed by atoms with Crippen molar-refractivity contribution in [1.82, 2.24) is 5.06 Å². The fourth-order valence-corrected chi connectivity index (χ4v) is 2.17. The Bertz CT molecular complexity index is 512. The van der Waals surface area contributed by atoms with Gasteiger partial charge in [-0.3, -0.25) is 14.8 Å². The van der Waals surface area contributed by atoms with E-state index in [0.29, 0.717) is 11.5 Å². The molecule has 0 radical (unpaired) electrons. The molecule has 0 unspecified atom stereocenters. The molecular formula is C15H17NO4. The molecule has 0 heterocycles. The van der Waals surface area contributed by atoms with Crippen LogP contribution in [-0.2, 0) is 20.7 Å². The van der Waals surface area contributed by atoms with Crippen LogP contribution >= 0.6 is 0 Å². The maximum absolute atomic E-state index is 12.0. The second-order valence-corrected chi connectivity index (χ2v) is 4.74. The van der Waals surface area contributed by atoms with Gasteiger partial charge in [0, 0.05) is 13.3 Å². The number of amides is 1. The van der Waals surface area contributed by atoms with E-state index in [4.69, 9.17) is 4.74 Å². The van der Waals surface area contributed by atoms with Gasteiger partial charge in [-0.2, -0.15) is 0 Å². The summed E-state index contributed by atoms with van der Waals surface area (Å²) in [7, 11) is 0. The molecule has 106 valence electrons. The highest BCUT2D eigenvalue weighted by Crippen LogP contribution is 2.19. The van der Waals surface area contributed by atoms with Crippen LogP contribution in [-0.4, -0.2) is 34.3 Å². The Balaban J connectivity index is 1.89. The van der Waals surface area contributed by atoms with Gasteiger partial charge < -0.3 is 4.74 Å². The molecule has 0 saturated heterocycles. The van der Waals surface area contributed by atoms with Crippen LogP contribution in [0, 0.1) is 0 Å². The summed E-state index contributed by atoms with van der Waals surface area (Å²) < 4.78 is 5.01. The normalized spacial score (nSPS) is 20.7. The molecule has 0 bridgehead atoms. The number of carbonyl (C=O) groups is 2. The molecule has 0 saturated carbocycles. The van der Waals surface area contributed by atoms with E-state index in [1.807, 2.05) is 30.3 Å². The van der Waals surface area contributed by atoms with Crippen molar-refractivity contribution in [3.8, 4) is 0 Å². The van der Waals surface area contributed by atoms with E-state index in [0.717, 1.165) is 5.56 Å². The minimum Gasteiger partial charge on any atom is -0.458 e. The van der Waals surface area contributed by atoms with Crippen LogP contribution in [0.25, 0.3) is 0 Å². The fraction of sp³-hybridized carbons (Fsp3) is 0.333. The van der Waals surface area contributed by atoms with E-state index in [2.05, 4.69) is 0 Å². The predicted octanol–water partition coefficient (Wildman–Crippen LogP) is 1.71. The van der Waals surface area contributed by atoms with Crippen molar-refractivity contribution in [1.29, 1.82) is 0 Å². The van der Waals surface area contributed by atoms with Gasteiger partial charge in [0.05, 0.1) is 12.5 Å². The lowest BCUT2D eigenvalue weighted by molar-refractivity contribution is -0.172. The van der Waals surface area contributed by atoms with Crippen LogP contribution in [0.4, 0.5) is 0 Å². The quantitative estimate of drug-likeness (QED) is 0.393. The van der Waals surface area contributed by atoms with Crippen LogP contribution in [0.2, 0.25) is 0 Å². The zero-order valence-corrected chi connectivity index (χ0v) is 11.2. The van der Waals surface area contributed by atoms with E-state index < -0.39 is 6.04 Å². The third-order valence-corrected chi connectivity index (χ3v) is 3.11. The SMILES string of the molecule is CC(=O)O[C@@H]1C=C[C@H](N(O)C(=O)Cc2ccccc2)C1. The van der Waals surface area contributed by atoms with Gasteiger partial charge >= 0.3 is 5.97 Å². The summed E-state index contributed by atoms with van der Waals surface area (Å²) in [6.45, 7) is 1.33. The lowest BCUT2D eigenvalue weighted by Gasteiger charge is -2.21. The van der Waals surface area contributed by atoms with Gasteiger partial charge in [0.1, 0.15) is 6.10 Å². The first kappa shape index (κ1) is 14.3. The third-order valence-electron chi connectivity index (χ3n) is 3.11. The molecule has 1 amide bonds. The average Bonchev–Trinajstić information content (AvgIpc) is 2.86. The molecule has 20 heavy (non-hydrogen) atoms. The summed E-state index contributed by atoms with van der Waals surface area (Å²) in [5, 5.41) is 10.6. The van der Waals surface area contributed by atoms with Crippen molar-refractivity contribution in [2.45, 2.75) is 31.9 Å². The van der Waals surface area contributed by atoms with Gasteiger partial charge in [-0.1, -0.05) is 36.4 Å². The van der Waals surface area contributed by atoms with Gasteiger partial charge in [-0.25, -0.2) is 5.06 Å². The average molecular weight is 275 g/mol. The second-order valence-electron chi connectivity index (χ2n) is 4.74. The monoisotopic (exact) mass is 275 g/mol. The van der Waals surface area contributed by atoms with Gasteiger partial charge in [-0.05, 0) is 11.6 Å². The number of hydroxylamine groups is 2. The molecule has 5 nitrogen and oxygen atoms in total. The number of nitrogens with zero attached hydrogens (tertiary/aromatic N) is 1. The molecule has 0 spiro atoms. The molecule has 1 N–H and O–H groups in total. The highest BCUT2D eigenvalue weighted by Gasteiger charge is 2.28. The summed E-state index contributed by atoms with van der Waals surface area (Å²) in [4.78, 5) is 22.8. The zero-order chi connectivity index (χ0) is 14.5. The van der Waals surface area contributed by atoms with Crippen LogP contribution in [0.5, 0.6) is 0 Å². The Kier molecular flexibility index (Phi) is 4.53. The van der Waals surface area contributed by atoms with Gasteiger partial charge in [0.15, 0.2) is 0 Å². The molecule has 0 aromatic heterocycles. The molecule has 0 aliphatic heterocycles. The molecule has 2 rings (SSSR count). The highest BCUT2D eigenvalue weighted by molar-refractivity contribution is 5.78. The van der Waals surface area contributed by atoms with Crippen LogP contribution in [0.15, 0.2) is 42.5 Å². The minimum absolute atomic E-state index is 0.139. The molecule has 1 aliphatic rings. The molecule has 0 fully saturated rings. The smallest absolute Gasteiger partial charge is 0.303 e. The number of hydrogen-bond donors (Lipinski definition) is 1. The Labute approximate surface area is 117 Å². The maximum atomic E-state index is 12.0. The number of ether oxygens (including phenoxy) is 1. The van der Waals surface area contributed by atoms with Crippen molar-refractivity contribution in [2.75, 3.05) is 0 Å². The van der Waals surface area contributed by atoms with Crippen molar-refractivity contribution >= 4 is 11.9 Å². The third kappa shape index (κ3) is 3.68. The topological polar surface area (TPSA) is 66.8 Å². The number of hydrogen-bond acceptors (Lipinski definition) is 4. The van der Waals surface area contributed by atoms with Crippen molar-refractivity contribution in [3.05, 3.63) is 48.0 Å². The number of carbonyl (C=O) groups excluding carboxylic acids is 2. The number of rotatable bonds is 4. The number of esters is 1. The van der Waals surface area contributed by atoms with E-state index in [1.165, 1.54) is 6.92 Å². The van der Waals surface area contributed by atoms with E-state index in [1.54, 1.807) is 12.2 Å². The summed E-state index contributed by atoms with van der Waals surface area (Å²) in [6, 6.07) is 8.77. The van der Waals surface area contributed by atoms with E-state index >= 15 is 0 Å². The Morgan fingerprint density at radius 1 is 1.30 bits per heavy atom. The van der Waals surface area contributed by atoms with Crippen molar-refractivity contribution < 1.29 is 19.5 Å². The Morgan fingerprint density at radius 2 is 2.00 bits per heavy atom. The van der Waals surface area contributed by atoms with Gasteiger partial charge in [0.2, 0.25) is 0 Å². The van der Waals surface area contributed by atoms with E-state index in [-0.39, 0.29) is 24.4 Å². The molecule has 5 heteroatoms. The van der Waals surface area contributed by atoms with E-state index in [9.17, 15) is 14.8 Å². The van der Waals surface area contributed by atoms with Crippen molar-refractivity contribution in [2.24, 2.45) is 0 Å². The summed E-state index contributed by atoms with van der Waals surface area (Å²) in [6.07, 6.45) is 3.51. The van der Waals surface area contributed by atoms with Crippen LogP contribution in [0.3, 0.4) is 0 Å². The van der Waals surface area contributed by atoms with Crippen molar-refractivity contribution in [3.63, 3.8) is 0 Å².